The van der Waals surface area contributed by atoms with Crippen LogP contribution in [0, 0.1) is 45.3 Å². The van der Waals surface area contributed by atoms with Gasteiger partial charge in [0, 0.05) is 24.9 Å². The standard InChI is InChI=1S/C23H25N5/c1-4-28-10-9-18-19(11-24)22(27)23(13-25,14-26)21(20(18)12-28)17-7-5-16(6-8-17)15(2)3/h5-9,15,20-21H,4,10,12,27H2,1-3H3/t20-,21+/m0/s1. The van der Waals surface area contributed by atoms with Crippen LogP contribution in [0.1, 0.15) is 43.7 Å². The first-order valence-corrected chi connectivity index (χ1v) is 9.68. The van der Waals surface area contributed by atoms with Crippen LogP contribution in [-0.4, -0.2) is 24.5 Å². The zero-order valence-corrected chi connectivity index (χ0v) is 16.6. The van der Waals surface area contributed by atoms with E-state index in [1.807, 2.05) is 18.2 Å². The Labute approximate surface area is 167 Å². The van der Waals surface area contributed by atoms with Gasteiger partial charge in [-0.15, -0.1) is 0 Å². The van der Waals surface area contributed by atoms with Crippen LogP contribution >= 0.6 is 0 Å². The molecule has 5 heteroatoms. The van der Waals surface area contributed by atoms with Gasteiger partial charge in [0.2, 0.25) is 0 Å². The maximum absolute atomic E-state index is 10.1. The minimum atomic E-state index is -1.55. The maximum atomic E-state index is 10.1. The molecule has 0 spiro atoms. The zero-order chi connectivity index (χ0) is 20.5. The molecule has 142 valence electrons. The van der Waals surface area contributed by atoms with Crippen LogP contribution in [0.15, 0.2) is 47.2 Å². The lowest BCUT2D eigenvalue weighted by atomic mass is 9.58. The normalized spacial score (nSPS) is 24.0. The molecule has 3 rings (SSSR count). The molecular weight excluding hydrogens is 346 g/mol. The van der Waals surface area contributed by atoms with E-state index >= 15 is 0 Å². The van der Waals surface area contributed by atoms with E-state index < -0.39 is 11.3 Å². The molecule has 1 aliphatic carbocycles. The molecule has 0 radical (unpaired) electrons. The van der Waals surface area contributed by atoms with Gasteiger partial charge in [0.15, 0.2) is 5.41 Å². The largest absolute Gasteiger partial charge is 0.399 e. The smallest absolute Gasteiger partial charge is 0.191 e. The number of nitriles is 3. The minimum Gasteiger partial charge on any atom is -0.399 e. The first-order valence-electron chi connectivity index (χ1n) is 9.68. The van der Waals surface area contributed by atoms with E-state index in [2.05, 4.69) is 56.0 Å². The predicted octanol–water partition coefficient (Wildman–Crippen LogP) is 3.56. The third-order valence-electron chi connectivity index (χ3n) is 6.15. The number of nitrogens with two attached hydrogens (primary N) is 1. The van der Waals surface area contributed by atoms with Crippen LogP contribution in [0.5, 0.6) is 0 Å². The van der Waals surface area contributed by atoms with Crippen molar-refractivity contribution >= 4 is 0 Å². The van der Waals surface area contributed by atoms with Gasteiger partial charge in [-0.2, -0.15) is 15.8 Å². The molecule has 0 amide bonds. The summed E-state index contributed by atoms with van der Waals surface area (Å²) in [6, 6.07) is 14.7. The van der Waals surface area contributed by atoms with Crippen LogP contribution < -0.4 is 5.73 Å². The number of allylic oxidation sites excluding steroid dienone is 2. The van der Waals surface area contributed by atoms with Gasteiger partial charge in [0.25, 0.3) is 0 Å². The second-order valence-electron chi connectivity index (χ2n) is 7.85. The highest BCUT2D eigenvalue weighted by Gasteiger charge is 2.54. The first kappa shape index (κ1) is 19.7. The van der Waals surface area contributed by atoms with Crippen molar-refractivity contribution in [1.82, 2.24) is 4.90 Å². The van der Waals surface area contributed by atoms with E-state index in [-0.39, 0.29) is 11.6 Å². The molecule has 1 heterocycles. The fourth-order valence-electron chi connectivity index (χ4n) is 4.46. The Morgan fingerprint density at radius 1 is 1.18 bits per heavy atom. The molecule has 1 aromatic rings. The minimum absolute atomic E-state index is 0.0883. The molecule has 1 aliphatic heterocycles. The molecule has 0 saturated carbocycles. The number of hydrogen-bond donors (Lipinski definition) is 1. The van der Waals surface area contributed by atoms with Crippen molar-refractivity contribution in [2.75, 3.05) is 19.6 Å². The van der Waals surface area contributed by atoms with Crippen molar-refractivity contribution in [1.29, 1.82) is 15.8 Å². The SMILES string of the molecule is CCN1CC=C2C(C#N)=C(N)C(C#N)(C#N)[C@H](c3ccc(C(C)C)cc3)[C@H]2C1. The summed E-state index contributed by atoms with van der Waals surface area (Å²) in [5, 5.41) is 29.9. The van der Waals surface area contributed by atoms with Gasteiger partial charge in [-0.05, 0) is 29.2 Å². The Kier molecular flexibility index (Phi) is 5.28. The van der Waals surface area contributed by atoms with E-state index in [0.29, 0.717) is 18.0 Å². The highest BCUT2D eigenvalue weighted by atomic mass is 15.1. The molecule has 2 N–H and O–H groups in total. The lowest BCUT2D eigenvalue weighted by molar-refractivity contribution is 0.214. The monoisotopic (exact) mass is 371 g/mol. The summed E-state index contributed by atoms with van der Waals surface area (Å²) in [5.74, 6) is -0.144. The Bertz CT molecular complexity index is 933. The predicted molar refractivity (Wildman–Crippen MR) is 107 cm³/mol. The second kappa shape index (κ2) is 7.51. The number of hydrogen-bond acceptors (Lipinski definition) is 5. The average Bonchev–Trinajstić information content (AvgIpc) is 2.72. The molecule has 0 bridgehead atoms. The van der Waals surface area contributed by atoms with Crippen molar-refractivity contribution < 1.29 is 0 Å². The van der Waals surface area contributed by atoms with Gasteiger partial charge in [-0.3, -0.25) is 4.90 Å². The number of rotatable bonds is 3. The quantitative estimate of drug-likeness (QED) is 0.875. The van der Waals surface area contributed by atoms with Crippen LogP contribution in [0.4, 0.5) is 0 Å². The Hall–Kier alpha value is -3.07. The lowest BCUT2D eigenvalue weighted by Gasteiger charge is -2.45. The Balaban J connectivity index is 2.25. The van der Waals surface area contributed by atoms with E-state index in [1.54, 1.807) is 0 Å². The molecule has 2 aliphatic rings. The molecule has 5 nitrogen and oxygen atoms in total. The number of benzene rings is 1. The van der Waals surface area contributed by atoms with Crippen LogP contribution in [0.25, 0.3) is 0 Å². The summed E-state index contributed by atoms with van der Waals surface area (Å²) >= 11 is 0. The van der Waals surface area contributed by atoms with Crippen molar-refractivity contribution in [2.24, 2.45) is 17.1 Å². The fraction of sp³-hybridized carbons (Fsp3) is 0.435. The van der Waals surface area contributed by atoms with Gasteiger partial charge in [0.1, 0.15) is 6.07 Å². The third-order valence-corrected chi connectivity index (χ3v) is 6.15. The fourth-order valence-corrected chi connectivity index (χ4v) is 4.46. The van der Waals surface area contributed by atoms with E-state index in [9.17, 15) is 15.8 Å². The van der Waals surface area contributed by atoms with E-state index in [1.165, 1.54) is 5.56 Å². The average molecular weight is 371 g/mol. The maximum Gasteiger partial charge on any atom is 0.191 e. The summed E-state index contributed by atoms with van der Waals surface area (Å²) in [6.07, 6.45) is 2.04. The molecule has 2 atom stereocenters. The van der Waals surface area contributed by atoms with Crippen LogP contribution in [0.2, 0.25) is 0 Å². The summed E-state index contributed by atoms with van der Waals surface area (Å²) in [7, 11) is 0. The molecule has 1 aromatic carbocycles. The molecule has 0 aromatic heterocycles. The molecule has 28 heavy (non-hydrogen) atoms. The first-order chi connectivity index (χ1) is 13.4. The zero-order valence-electron chi connectivity index (χ0n) is 16.6. The Morgan fingerprint density at radius 2 is 1.82 bits per heavy atom. The second-order valence-corrected chi connectivity index (χ2v) is 7.85. The summed E-state index contributed by atoms with van der Waals surface area (Å²) in [6.45, 7) is 8.66. The molecule has 0 unspecified atom stereocenters. The summed E-state index contributed by atoms with van der Waals surface area (Å²) in [4.78, 5) is 2.26. The van der Waals surface area contributed by atoms with Gasteiger partial charge in [0.05, 0.1) is 23.4 Å². The van der Waals surface area contributed by atoms with Crippen molar-refractivity contribution in [3.8, 4) is 18.2 Å². The summed E-state index contributed by atoms with van der Waals surface area (Å²) in [5.41, 5.74) is 8.17. The lowest BCUT2D eigenvalue weighted by Crippen LogP contribution is -2.48. The number of nitrogens with zero attached hydrogens (tertiary/aromatic N) is 4. The van der Waals surface area contributed by atoms with Crippen molar-refractivity contribution in [2.45, 2.75) is 32.6 Å². The number of likely N-dealkylation sites (N-methyl/N-ethyl adjacent to an activating group) is 1. The van der Waals surface area contributed by atoms with Crippen molar-refractivity contribution in [3.05, 3.63) is 58.3 Å². The van der Waals surface area contributed by atoms with E-state index in [0.717, 1.165) is 24.2 Å². The van der Waals surface area contributed by atoms with Crippen molar-refractivity contribution in [3.63, 3.8) is 0 Å². The topological polar surface area (TPSA) is 101 Å². The van der Waals surface area contributed by atoms with E-state index in [4.69, 9.17) is 5.73 Å². The highest BCUT2D eigenvalue weighted by molar-refractivity contribution is 5.59. The number of fused-ring (bicyclic) bond motifs is 1. The van der Waals surface area contributed by atoms with Crippen LogP contribution in [-0.2, 0) is 0 Å². The Morgan fingerprint density at radius 3 is 2.32 bits per heavy atom. The van der Waals surface area contributed by atoms with Gasteiger partial charge in [-0.25, -0.2) is 0 Å². The van der Waals surface area contributed by atoms with Crippen LogP contribution in [0.3, 0.4) is 0 Å². The molecule has 0 fully saturated rings. The van der Waals surface area contributed by atoms with Gasteiger partial charge >= 0.3 is 0 Å². The highest BCUT2D eigenvalue weighted by Crippen LogP contribution is 2.54. The van der Waals surface area contributed by atoms with Gasteiger partial charge in [-0.1, -0.05) is 51.1 Å². The third kappa shape index (κ3) is 2.88. The molecule has 0 saturated heterocycles. The summed E-state index contributed by atoms with van der Waals surface area (Å²) < 4.78 is 0. The van der Waals surface area contributed by atoms with Gasteiger partial charge < -0.3 is 5.73 Å². The molecular formula is C23H25N5.